The number of fused-ring (bicyclic) bond motifs is 1. The lowest BCUT2D eigenvalue weighted by Crippen LogP contribution is -2.26. The average Bonchev–Trinajstić information content (AvgIpc) is 2.97. The first-order chi connectivity index (χ1) is 20.6. The number of nitrogens with zero attached hydrogens (tertiary/aromatic N) is 3. The number of aryl methyl sites for hydroxylation is 1. The van der Waals surface area contributed by atoms with E-state index in [4.69, 9.17) is 35.5 Å². The van der Waals surface area contributed by atoms with Crippen molar-refractivity contribution in [2.45, 2.75) is 53.6 Å². The number of rotatable bonds is 11. The number of methoxy groups -OCH3 is 1. The van der Waals surface area contributed by atoms with E-state index >= 15 is 0 Å². The van der Waals surface area contributed by atoms with E-state index in [0.29, 0.717) is 39.7 Å². The number of para-hydroxylation sites is 1. The van der Waals surface area contributed by atoms with Crippen molar-refractivity contribution < 1.29 is 23.7 Å². The van der Waals surface area contributed by atoms with Crippen molar-refractivity contribution in [2.24, 2.45) is 5.10 Å². The molecule has 3 aromatic carbocycles. The second-order valence-corrected chi connectivity index (χ2v) is 10.6. The van der Waals surface area contributed by atoms with Crippen LogP contribution in [0.2, 0.25) is 5.02 Å². The van der Waals surface area contributed by atoms with Gasteiger partial charge < -0.3 is 18.9 Å². The third-order valence-electron chi connectivity index (χ3n) is 6.77. The number of benzene rings is 3. The highest BCUT2D eigenvalue weighted by molar-refractivity contribution is 6.31. The number of aromatic nitrogens is 2. The maximum atomic E-state index is 13.9. The second-order valence-electron chi connectivity index (χ2n) is 10.1. The molecule has 0 spiro atoms. The molecule has 4 aromatic rings. The van der Waals surface area contributed by atoms with Gasteiger partial charge in [-0.2, -0.15) is 9.78 Å². The Labute approximate surface area is 256 Å². The lowest BCUT2D eigenvalue weighted by molar-refractivity contribution is -0.150. The van der Waals surface area contributed by atoms with Gasteiger partial charge in [-0.15, -0.1) is 0 Å². The minimum atomic E-state index is -0.941. The minimum absolute atomic E-state index is 0.157. The smallest absolute Gasteiger partial charge is 0.347 e. The zero-order valence-corrected chi connectivity index (χ0v) is 26.2. The molecule has 0 bridgehead atoms. The summed E-state index contributed by atoms with van der Waals surface area (Å²) < 4.78 is 23.8. The van der Waals surface area contributed by atoms with E-state index in [2.05, 4.69) is 18.9 Å². The summed E-state index contributed by atoms with van der Waals surface area (Å²) in [7, 11) is 1.46. The van der Waals surface area contributed by atoms with Crippen molar-refractivity contribution in [3.8, 4) is 28.6 Å². The van der Waals surface area contributed by atoms with Crippen LogP contribution in [0.3, 0.4) is 0 Å². The van der Waals surface area contributed by atoms with Gasteiger partial charge in [-0.1, -0.05) is 37.6 Å². The number of halogens is 1. The molecule has 9 nitrogen and oxygen atoms in total. The lowest BCUT2D eigenvalue weighted by atomic mass is 9.96. The van der Waals surface area contributed by atoms with Gasteiger partial charge in [-0.3, -0.25) is 4.79 Å². The van der Waals surface area contributed by atoms with Crippen LogP contribution in [0.1, 0.15) is 57.2 Å². The largest absolute Gasteiger partial charge is 0.494 e. The van der Waals surface area contributed by atoms with E-state index in [-0.39, 0.29) is 23.8 Å². The molecule has 0 aliphatic heterocycles. The molecular formula is C33H36ClN3O6. The van der Waals surface area contributed by atoms with Crippen LogP contribution in [0.15, 0.2) is 58.4 Å². The summed E-state index contributed by atoms with van der Waals surface area (Å²) in [6.45, 7) is 12.1. The van der Waals surface area contributed by atoms with Gasteiger partial charge in [0.15, 0.2) is 23.4 Å². The molecule has 10 heteroatoms. The average molecular weight is 606 g/mol. The monoisotopic (exact) mass is 605 g/mol. The van der Waals surface area contributed by atoms with E-state index in [1.807, 2.05) is 32.0 Å². The number of hydrogen-bond donors (Lipinski definition) is 0. The molecule has 1 heterocycles. The van der Waals surface area contributed by atoms with Crippen molar-refractivity contribution >= 4 is 34.7 Å². The Morgan fingerprint density at radius 2 is 1.81 bits per heavy atom. The first-order valence-electron chi connectivity index (χ1n) is 14.1. The summed E-state index contributed by atoms with van der Waals surface area (Å²) in [5, 5.41) is 5.38. The molecule has 43 heavy (non-hydrogen) atoms. The van der Waals surface area contributed by atoms with E-state index in [9.17, 15) is 9.59 Å². The zero-order chi connectivity index (χ0) is 31.3. The van der Waals surface area contributed by atoms with Gasteiger partial charge in [0.2, 0.25) is 0 Å². The SMILES string of the molecule is CCOC(=O)[C@H](C)Oc1c(C=Nn2c(-c3cc(C(C)C)c(OCC)cc3C)nc3ccccc3c2=O)cc(Cl)cc1OC. The van der Waals surface area contributed by atoms with Gasteiger partial charge in [0, 0.05) is 22.2 Å². The zero-order valence-electron chi connectivity index (χ0n) is 25.4. The minimum Gasteiger partial charge on any atom is -0.494 e. The Morgan fingerprint density at radius 3 is 2.49 bits per heavy atom. The van der Waals surface area contributed by atoms with Gasteiger partial charge in [0.05, 0.1) is 37.4 Å². The molecule has 0 radical (unpaired) electrons. The Bertz CT molecular complexity index is 1730. The third kappa shape index (κ3) is 6.83. The summed E-state index contributed by atoms with van der Waals surface area (Å²) in [5.41, 5.74) is 3.18. The molecule has 0 unspecified atom stereocenters. The molecule has 226 valence electrons. The summed E-state index contributed by atoms with van der Waals surface area (Å²) in [6, 6.07) is 14.3. The van der Waals surface area contributed by atoms with Crippen molar-refractivity contribution in [1.29, 1.82) is 0 Å². The molecule has 0 saturated carbocycles. The van der Waals surface area contributed by atoms with Gasteiger partial charge in [0.1, 0.15) is 5.75 Å². The number of esters is 1. The predicted octanol–water partition coefficient (Wildman–Crippen LogP) is 6.77. The summed E-state index contributed by atoms with van der Waals surface area (Å²) >= 11 is 6.39. The molecule has 0 aliphatic rings. The Morgan fingerprint density at radius 1 is 1.07 bits per heavy atom. The van der Waals surface area contributed by atoms with Gasteiger partial charge in [-0.25, -0.2) is 9.78 Å². The Balaban J connectivity index is 1.94. The molecular weight excluding hydrogens is 570 g/mol. The van der Waals surface area contributed by atoms with Gasteiger partial charge in [0.25, 0.3) is 5.56 Å². The highest BCUT2D eigenvalue weighted by Crippen LogP contribution is 2.36. The normalized spacial score (nSPS) is 12.1. The van der Waals surface area contributed by atoms with Crippen LogP contribution in [0.5, 0.6) is 17.2 Å². The lowest BCUT2D eigenvalue weighted by Gasteiger charge is -2.19. The van der Waals surface area contributed by atoms with E-state index in [0.717, 1.165) is 22.4 Å². The van der Waals surface area contributed by atoms with Gasteiger partial charge >= 0.3 is 5.97 Å². The van der Waals surface area contributed by atoms with E-state index in [1.54, 1.807) is 44.2 Å². The predicted molar refractivity (Wildman–Crippen MR) is 169 cm³/mol. The maximum Gasteiger partial charge on any atom is 0.347 e. The molecule has 0 aliphatic carbocycles. The van der Waals surface area contributed by atoms with Crippen LogP contribution >= 0.6 is 11.6 Å². The van der Waals surface area contributed by atoms with Crippen molar-refractivity contribution in [3.63, 3.8) is 0 Å². The number of carbonyl (C=O) groups excluding carboxylic acids is 1. The second kappa shape index (κ2) is 13.7. The Hall–Kier alpha value is -4.37. The molecule has 1 aromatic heterocycles. The van der Waals surface area contributed by atoms with Crippen LogP contribution in [-0.4, -0.2) is 48.3 Å². The fraction of sp³-hybridized carbons (Fsp3) is 0.333. The highest BCUT2D eigenvalue weighted by atomic mass is 35.5. The Kier molecular flexibility index (Phi) is 10.1. The first kappa shape index (κ1) is 31.6. The van der Waals surface area contributed by atoms with E-state index in [1.165, 1.54) is 18.0 Å². The molecule has 0 fully saturated rings. The highest BCUT2D eigenvalue weighted by Gasteiger charge is 2.22. The summed E-state index contributed by atoms with van der Waals surface area (Å²) in [4.78, 5) is 31.1. The standard InChI is InChI=1S/C33H36ClN3O6/c1-8-41-28-14-20(5)26(17-25(28)19(3)4)31-36-27-13-11-10-12-24(27)32(38)37(31)35-18-22-15-23(34)16-29(40-7)30(22)43-21(6)33(39)42-9-2/h10-19,21H,8-9H2,1-7H3/t21-/m0/s1. The number of ether oxygens (including phenoxy) is 4. The topological polar surface area (TPSA) is 101 Å². The third-order valence-corrected chi connectivity index (χ3v) is 6.99. The van der Waals surface area contributed by atoms with Crippen molar-refractivity contribution in [1.82, 2.24) is 9.66 Å². The fourth-order valence-corrected chi connectivity index (χ4v) is 4.86. The molecule has 0 amide bonds. The van der Waals surface area contributed by atoms with Crippen molar-refractivity contribution in [2.75, 3.05) is 20.3 Å². The van der Waals surface area contributed by atoms with Crippen LogP contribution in [0.4, 0.5) is 0 Å². The maximum absolute atomic E-state index is 13.9. The molecule has 0 N–H and O–H groups in total. The van der Waals surface area contributed by atoms with Crippen LogP contribution in [-0.2, 0) is 9.53 Å². The van der Waals surface area contributed by atoms with Crippen LogP contribution in [0, 0.1) is 6.92 Å². The summed E-state index contributed by atoms with van der Waals surface area (Å²) in [6.07, 6.45) is 0.500. The van der Waals surface area contributed by atoms with Crippen LogP contribution < -0.4 is 19.8 Å². The molecule has 0 saturated heterocycles. The number of carbonyl (C=O) groups is 1. The van der Waals surface area contributed by atoms with E-state index < -0.39 is 12.1 Å². The van der Waals surface area contributed by atoms with Crippen LogP contribution in [0.25, 0.3) is 22.3 Å². The summed E-state index contributed by atoms with van der Waals surface area (Å²) in [5.74, 6) is 1.29. The first-order valence-corrected chi connectivity index (χ1v) is 14.5. The van der Waals surface area contributed by atoms with Crippen molar-refractivity contribution in [3.05, 3.63) is 80.6 Å². The van der Waals surface area contributed by atoms with Gasteiger partial charge in [-0.05, 0) is 75.1 Å². The fourth-order valence-electron chi connectivity index (χ4n) is 4.64. The molecule has 4 rings (SSSR count). The quantitative estimate of drug-likeness (QED) is 0.137. The molecule has 1 atom stereocenters. The number of hydrogen-bond acceptors (Lipinski definition) is 8.